The Kier molecular flexibility index (Phi) is 13.8. The second-order valence-electron chi connectivity index (χ2n) is 8.81. The second-order valence-corrected chi connectivity index (χ2v) is 9.98. The first-order valence-corrected chi connectivity index (χ1v) is 13.6. The van der Waals surface area contributed by atoms with E-state index in [4.69, 9.17) is 0 Å². The molecule has 0 radical (unpaired) electrons. The van der Waals surface area contributed by atoms with E-state index in [2.05, 4.69) is 31.2 Å². The van der Waals surface area contributed by atoms with E-state index in [1.54, 1.807) is 6.07 Å². The van der Waals surface area contributed by atoms with Gasteiger partial charge in [0.05, 0.1) is 0 Å². The van der Waals surface area contributed by atoms with Crippen LogP contribution in [0.3, 0.4) is 0 Å². The molecule has 2 aromatic carbocycles. The fourth-order valence-corrected chi connectivity index (χ4v) is 5.11. The molecule has 0 aliphatic carbocycles. The summed E-state index contributed by atoms with van der Waals surface area (Å²) in [7, 11) is 0. The molecule has 1 nitrogen and oxygen atoms in total. The normalized spacial score (nSPS) is 11.4. The zero-order valence-electron chi connectivity index (χ0n) is 19.3. The fraction of sp³-hybridized carbons (Fsp3) is 0.643. The predicted molar refractivity (Wildman–Crippen MR) is 136 cm³/mol. The number of unbranched alkanes of at least 4 members (excludes halogenated alkanes) is 15. The molecule has 2 rings (SSSR count). The molecule has 168 valence electrons. The molecular weight excluding hydrogens is 384 g/mol. The quantitative estimate of drug-likeness (QED) is 0.188. The zero-order chi connectivity index (χ0) is 21.3. The number of aromatic hydroxyl groups is 1. The Hall–Kier alpha value is -1.15. The van der Waals surface area contributed by atoms with Gasteiger partial charge in [-0.1, -0.05) is 121 Å². The summed E-state index contributed by atoms with van der Waals surface area (Å²) in [6.07, 6.45) is 22.7. The van der Waals surface area contributed by atoms with E-state index in [0.29, 0.717) is 5.75 Å². The van der Waals surface area contributed by atoms with Crippen LogP contribution in [0.25, 0.3) is 10.8 Å². The minimum Gasteiger partial charge on any atom is -0.507 e. The van der Waals surface area contributed by atoms with Crippen molar-refractivity contribution in [3.63, 3.8) is 0 Å². The number of hydrogen-bond donors (Lipinski definition) is 1. The summed E-state index contributed by atoms with van der Waals surface area (Å²) < 4.78 is 0. The van der Waals surface area contributed by atoms with Gasteiger partial charge in [0.25, 0.3) is 0 Å². The molecule has 0 spiro atoms. The molecule has 2 aromatic rings. The van der Waals surface area contributed by atoms with Crippen molar-refractivity contribution in [1.29, 1.82) is 0 Å². The van der Waals surface area contributed by atoms with Gasteiger partial charge in [-0.2, -0.15) is 0 Å². The first kappa shape index (κ1) is 25.1. The molecule has 0 unspecified atom stereocenters. The minimum absolute atomic E-state index is 0.386. The number of thioether (sulfide) groups is 1. The predicted octanol–water partition coefficient (Wildman–Crippen LogP) is 9.90. The summed E-state index contributed by atoms with van der Waals surface area (Å²) in [5.41, 5.74) is 0. The van der Waals surface area contributed by atoms with Crippen LogP contribution in [0.4, 0.5) is 0 Å². The highest BCUT2D eigenvalue weighted by Crippen LogP contribution is 2.29. The van der Waals surface area contributed by atoms with Gasteiger partial charge >= 0.3 is 0 Å². The van der Waals surface area contributed by atoms with Crippen molar-refractivity contribution in [2.75, 3.05) is 5.75 Å². The lowest BCUT2D eigenvalue weighted by atomic mass is 10.0. The molecule has 0 aliphatic rings. The highest BCUT2D eigenvalue weighted by atomic mass is 32.2. The molecule has 0 aromatic heterocycles. The summed E-state index contributed by atoms with van der Waals surface area (Å²) in [4.78, 5) is 1.27. The van der Waals surface area contributed by atoms with E-state index in [9.17, 15) is 5.11 Å². The van der Waals surface area contributed by atoms with Gasteiger partial charge in [-0.15, -0.1) is 11.8 Å². The summed E-state index contributed by atoms with van der Waals surface area (Å²) in [5.74, 6) is 1.56. The Morgan fingerprint density at radius 1 is 0.633 bits per heavy atom. The largest absolute Gasteiger partial charge is 0.507 e. The molecule has 1 N–H and O–H groups in total. The average molecular weight is 429 g/mol. The Morgan fingerprint density at radius 2 is 1.17 bits per heavy atom. The van der Waals surface area contributed by atoms with E-state index in [-0.39, 0.29) is 0 Å². The maximum atomic E-state index is 10.0. The summed E-state index contributed by atoms with van der Waals surface area (Å²) in [6.45, 7) is 2.29. The van der Waals surface area contributed by atoms with E-state index in [0.717, 1.165) is 10.8 Å². The summed E-state index contributed by atoms with van der Waals surface area (Å²) in [6, 6.07) is 12.2. The number of phenols is 1. The maximum absolute atomic E-state index is 10.0. The van der Waals surface area contributed by atoms with Gasteiger partial charge in [0.15, 0.2) is 0 Å². The maximum Gasteiger partial charge on any atom is 0.123 e. The number of benzene rings is 2. The Balaban J connectivity index is 1.37. The standard InChI is InChI=1S/C28H44OS/c1-2-3-4-5-6-7-8-9-10-11-12-13-14-15-16-17-23-30-26-22-21-25-19-18-20-28(29)27(25)24-26/h18-22,24,29H,2-17,23H2,1H3. The topological polar surface area (TPSA) is 20.2 Å². The van der Waals surface area contributed by atoms with Crippen LogP contribution in [0, 0.1) is 0 Å². The first-order valence-electron chi connectivity index (χ1n) is 12.7. The van der Waals surface area contributed by atoms with Gasteiger partial charge in [-0.25, -0.2) is 0 Å². The first-order chi connectivity index (χ1) is 14.8. The van der Waals surface area contributed by atoms with Crippen molar-refractivity contribution in [1.82, 2.24) is 0 Å². The lowest BCUT2D eigenvalue weighted by Gasteiger charge is -2.06. The van der Waals surface area contributed by atoms with E-state index < -0.39 is 0 Å². The van der Waals surface area contributed by atoms with Gasteiger partial charge in [0, 0.05) is 10.3 Å². The molecule has 0 bridgehead atoms. The summed E-state index contributed by atoms with van der Waals surface area (Å²) in [5, 5.41) is 12.1. The van der Waals surface area contributed by atoms with Crippen molar-refractivity contribution in [2.45, 2.75) is 115 Å². The fourth-order valence-electron chi connectivity index (χ4n) is 4.17. The molecule has 2 heteroatoms. The van der Waals surface area contributed by atoms with Crippen LogP contribution in [0.15, 0.2) is 41.3 Å². The molecule has 0 amide bonds. The minimum atomic E-state index is 0.386. The molecule has 0 fully saturated rings. The van der Waals surface area contributed by atoms with E-state index in [1.165, 1.54) is 113 Å². The van der Waals surface area contributed by atoms with Crippen LogP contribution >= 0.6 is 11.8 Å². The monoisotopic (exact) mass is 428 g/mol. The Morgan fingerprint density at radius 3 is 1.73 bits per heavy atom. The van der Waals surface area contributed by atoms with E-state index >= 15 is 0 Å². The van der Waals surface area contributed by atoms with Gasteiger partial charge in [0.2, 0.25) is 0 Å². The molecule has 0 atom stereocenters. The summed E-state index contributed by atoms with van der Waals surface area (Å²) >= 11 is 1.92. The van der Waals surface area contributed by atoms with Gasteiger partial charge in [0.1, 0.15) is 5.75 Å². The lowest BCUT2D eigenvalue weighted by molar-refractivity contribution is 0.481. The zero-order valence-corrected chi connectivity index (χ0v) is 20.2. The van der Waals surface area contributed by atoms with E-state index in [1.807, 2.05) is 17.8 Å². The van der Waals surface area contributed by atoms with Gasteiger partial charge in [-0.3, -0.25) is 0 Å². The third kappa shape index (κ3) is 10.8. The molecule has 0 saturated heterocycles. The highest BCUT2D eigenvalue weighted by Gasteiger charge is 2.02. The number of phenolic OH excluding ortho intramolecular Hbond substituents is 1. The van der Waals surface area contributed by atoms with Crippen molar-refractivity contribution in [3.8, 4) is 5.75 Å². The van der Waals surface area contributed by atoms with Crippen molar-refractivity contribution < 1.29 is 5.11 Å². The number of hydrogen-bond acceptors (Lipinski definition) is 2. The molecule has 30 heavy (non-hydrogen) atoms. The van der Waals surface area contributed by atoms with Crippen LogP contribution in [0.1, 0.15) is 110 Å². The van der Waals surface area contributed by atoms with Crippen molar-refractivity contribution in [3.05, 3.63) is 36.4 Å². The lowest BCUT2D eigenvalue weighted by Crippen LogP contribution is -1.85. The third-order valence-corrected chi connectivity index (χ3v) is 7.18. The molecule has 0 heterocycles. The molecule has 0 aliphatic heterocycles. The van der Waals surface area contributed by atoms with Crippen LogP contribution in [0.2, 0.25) is 0 Å². The van der Waals surface area contributed by atoms with Crippen LogP contribution in [-0.4, -0.2) is 10.9 Å². The highest BCUT2D eigenvalue weighted by molar-refractivity contribution is 7.99. The third-order valence-electron chi connectivity index (χ3n) is 6.10. The average Bonchev–Trinajstić information content (AvgIpc) is 2.76. The SMILES string of the molecule is CCCCCCCCCCCCCCCCCCSc1ccc2cccc(O)c2c1. The van der Waals surface area contributed by atoms with Crippen LogP contribution in [-0.2, 0) is 0 Å². The molecular formula is C28H44OS. The van der Waals surface area contributed by atoms with Crippen LogP contribution in [0.5, 0.6) is 5.75 Å². The van der Waals surface area contributed by atoms with Crippen LogP contribution < -0.4 is 0 Å². The second kappa shape index (κ2) is 16.5. The van der Waals surface area contributed by atoms with Crippen molar-refractivity contribution in [2.24, 2.45) is 0 Å². The van der Waals surface area contributed by atoms with Crippen molar-refractivity contribution >= 4 is 22.5 Å². The van der Waals surface area contributed by atoms with Gasteiger partial charge in [-0.05, 0) is 35.8 Å². The number of fused-ring (bicyclic) bond motifs is 1. The Bertz CT molecular complexity index is 681. The Labute approximate surface area is 190 Å². The smallest absolute Gasteiger partial charge is 0.123 e. The number of rotatable bonds is 18. The molecule has 0 saturated carbocycles. The van der Waals surface area contributed by atoms with Gasteiger partial charge < -0.3 is 5.11 Å².